The molecule has 1 heterocycles. The van der Waals surface area contributed by atoms with E-state index in [1.165, 1.54) is 18.8 Å². The van der Waals surface area contributed by atoms with Crippen LogP contribution in [0.4, 0.5) is 5.69 Å². The number of amides is 1. The Labute approximate surface area is 189 Å². The van der Waals surface area contributed by atoms with Crippen molar-refractivity contribution in [1.29, 1.82) is 0 Å². The third-order valence-electron chi connectivity index (χ3n) is 4.97. The smallest absolute Gasteiger partial charge is 0.262 e. The van der Waals surface area contributed by atoms with E-state index in [-0.39, 0.29) is 12.1 Å². The van der Waals surface area contributed by atoms with Crippen molar-refractivity contribution in [3.05, 3.63) is 82.1 Å². The average Bonchev–Trinajstić information content (AvgIpc) is 2.81. The Morgan fingerprint density at radius 3 is 2.31 bits per heavy atom. The molecular formula is C24H20ClN3O4. The Morgan fingerprint density at radius 1 is 0.969 bits per heavy atom. The highest BCUT2D eigenvalue weighted by atomic mass is 35.5. The van der Waals surface area contributed by atoms with Gasteiger partial charge in [-0.05, 0) is 36.4 Å². The van der Waals surface area contributed by atoms with Gasteiger partial charge in [0.25, 0.3) is 5.56 Å². The molecule has 1 N–H and O–H groups in total. The summed E-state index contributed by atoms with van der Waals surface area (Å²) in [7, 11) is 3.00. The van der Waals surface area contributed by atoms with E-state index >= 15 is 0 Å². The Kier molecular flexibility index (Phi) is 6.09. The Hall–Kier alpha value is -3.84. The number of methoxy groups -OCH3 is 2. The minimum Gasteiger partial charge on any atom is -0.494 e. The number of nitrogens with zero attached hydrogens (tertiary/aromatic N) is 2. The second kappa shape index (κ2) is 9.11. The van der Waals surface area contributed by atoms with Gasteiger partial charge in [-0.1, -0.05) is 41.9 Å². The van der Waals surface area contributed by atoms with Crippen molar-refractivity contribution in [2.45, 2.75) is 6.54 Å². The normalized spacial score (nSPS) is 10.7. The number of nitrogens with one attached hydrogen (secondary N) is 1. The lowest BCUT2D eigenvalue weighted by Crippen LogP contribution is -2.30. The highest BCUT2D eigenvalue weighted by Gasteiger charge is 2.19. The summed E-state index contributed by atoms with van der Waals surface area (Å²) in [6.45, 7) is -0.279. The van der Waals surface area contributed by atoms with Crippen molar-refractivity contribution in [3.8, 4) is 22.9 Å². The highest BCUT2D eigenvalue weighted by molar-refractivity contribution is 6.33. The van der Waals surface area contributed by atoms with Crippen LogP contribution in [0, 0.1) is 0 Å². The van der Waals surface area contributed by atoms with Crippen LogP contribution in [0.3, 0.4) is 0 Å². The number of benzene rings is 3. The maximum Gasteiger partial charge on any atom is 0.262 e. The maximum absolute atomic E-state index is 13.3. The molecule has 7 nitrogen and oxygen atoms in total. The second-order valence-electron chi connectivity index (χ2n) is 6.91. The largest absolute Gasteiger partial charge is 0.494 e. The van der Waals surface area contributed by atoms with Gasteiger partial charge < -0.3 is 14.8 Å². The van der Waals surface area contributed by atoms with E-state index in [1.54, 1.807) is 66.7 Å². The quantitative estimate of drug-likeness (QED) is 0.472. The van der Waals surface area contributed by atoms with Crippen molar-refractivity contribution in [2.75, 3.05) is 19.5 Å². The summed E-state index contributed by atoms with van der Waals surface area (Å²) >= 11 is 6.39. The first-order chi connectivity index (χ1) is 15.5. The summed E-state index contributed by atoms with van der Waals surface area (Å²) in [5.74, 6) is 0.739. The van der Waals surface area contributed by atoms with Crippen LogP contribution in [0.1, 0.15) is 0 Å². The molecule has 0 saturated heterocycles. The monoisotopic (exact) mass is 449 g/mol. The van der Waals surface area contributed by atoms with E-state index in [2.05, 4.69) is 10.3 Å². The molecule has 0 atom stereocenters. The Morgan fingerprint density at radius 2 is 1.62 bits per heavy atom. The third kappa shape index (κ3) is 4.02. The van der Waals surface area contributed by atoms with Crippen LogP contribution in [-0.4, -0.2) is 29.7 Å². The van der Waals surface area contributed by atoms with Crippen molar-refractivity contribution < 1.29 is 14.3 Å². The molecule has 4 aromatic rings. The lowest BCUT2D eigenvalue weighted by Gasteiger charge is -2.16. The summed E-state index contributed by atoms with van der Waals surface area (Å²) in [5.41, 5.74) is 1.12. The van der Waals surface area contributed by atoms with Crippen molar-refractivity contribution in [2.24, 2.45) is 0 Å². The van der Waals surface area contributed by atoms with Gasteiger partial charge in [0, 0.05) is 5.56 Å². The fourth-order valence-electron chi connectivity index (χ4n) is 3.46. The lowest BCUT2D eigenvalue weighted by atomic mass is 10.1. The molecule has 0 saturated carbocycles. The Balaban J connectivity index is 1.80. The summed E-state index contributed by atoms with van der Waals surface area (Å²) in [5, 5.41) is 3.62. The van der Waals surface area contributed by atoms with E-state index in [0.717, 1.165) is 0 Å². The van der Waals surface area contributed by atoms with Gasteiger partial charge in [0.2, 0.25) is 5.91 Å². The molecule has 1 amide bonds. The molecule has 0 spiro atoms. The van der Waals surface area contributed by atoms with E-state index in [0.29, 0.717) is 44.5 Å². The predicted octanol–water partition coefficient (Wildman–Crippen LogP) is 4.37. The standard InChI is InChI=1S/C24H20ClN3O4/c1-31-19-12-7-13-20(32-2)22(19)27-21(29)14-28-23(15-8-3-5-10-17(15)25)26-18-11-6-4-9-16(18)24(28)30/h3-13H,14H2,1-2H3,(H,27,29). The van der Waals surface area contributed by atoms with E-state index < -0.39 is 5.91 Å². The number of halogens is 1. The zero-order valence-electron chi connectivity index (χ0n) is 17.5. The molecule has 0 aliphatic heterocycles. The van der Waals surface area contributed by atoms with Gasteiger partial charge in [-0.25, -0.2) is 4.98 Å². The first-order valence-electron chi connectivity index (χ1n) is 9.78. The molecule has 3 aromatic carbocycles. The fraction of sp³-hybridized carbons (Fsp3) is 0.125. The van der Waals surface area contributed by atoms with Crippen LogP contribution in [-0.2, 0) is 11.3 Å². The van der Waals surface area contributed by atoms with Gasteiger partial charge in [0.15, 0.2) is 0 Å². The number of aromatic nitrogens is 2. The van der Waals surface area contributed by atoms with Gasteiger partial charge in [0.1, 0.15) is 29.6 Å². The maximum atomic E-state index is 13.3. The molecule has 0 radical (unpaired) electrons. The highest BCUT2D eigenvalue weighted by Crippen LogP contribution is 2.34. The predicted molar refractivity (Wildman–Crippen MR) is 125 cm³/mol. The van der Waals surface area contributed by atoms with Gasteiger partial charge >= 0.3 is 0 Å². The van der Waals surface area contributed by atoms with Crippen molar-refractivity contribution >= 4 is 34.1 Å². The first-order valence-corrected chi connectivity index (χ1v) is 10.2. The number of hydrogen-bond donors (Lipinski definition) is 1. The van der Waals surface area contributed by atoms with E-state index in [4.69, 9.17) is 21.1 Å². The van der Waals surface area contributed by atoms with Crippen LogP contribution >= 0.6 is 11.6 Å². The summed E-state index contributed by atoms with van der Waals surface area (Å²) in [4.78, 5) is 31.0. The molecule has 4 rings (SSSR count). The van der Waals surface area contributed by atoms with E-state index in [9.17, 15) is 9.59 Å². The molecule has 0 fully saturated rings. The molecule has 8 heteroatoms. The van der Waals surface area contributed by atoms with E-state index in [1.807, 2.05) is 0 Å². The summed E-state index contributed by atoms with van der Waals surface area (Å²) < 4.78 is 12.0. The number of rotatable bonds is 6. The minimum absolute atomic E-state index is 0.279. The SMILES string of the molecule is COc1cccc(OC)c1NC(=O)Cn1c(-c2ccccc2Cl)nc2ccccc2c1=O. The number of hydrogen-bond acceptors (Lipinski definition) is 5. The van der Waals surface area contributed by atoms with Gasteiger partial charge in [-0.3, -0.25) is 14.2 Å². The van der Waals surface area contributed by atoms with Crippen LogP contribution in [0.15, 0.2) is 71.5 Å². The van der Waals surface area contributed by atoms with Gasteiger partial charge in [0.05, 0.1) is 30.1 Å². The summed E-state index contributed by atoms with van der Waals surface area (Å²) in [6, 6.07) is 19.2. The van der Waals surface area contributed by atoms with Crippen LogP contribution in [0.2, 0.25) is 5.02 Å². The zero-order chi connectivity index (χ0) is 22.7. The topological polar surface area (TPSA) is 82.4 Å². The molecule has 162 valence electrons. The van der Waals surface area contributed by atoms with Gasteiger partial charge in [-0.15, -0.1) is 0 Å². The number of ether oxygens (including phenoxy) is 2. The van der Waals surface area contributed by atoms with Crippen LogP contribution in [0.5, 0.6) is 11.5 Å². The van der Waals surface area contributed by atoms with Gasteiger partial charge in [-0.2, -0.15) is 0 Å². The second-order valence-corrected chi connectivity index (χ2v) is 7.32. The van der Waals surface area contributed by atoms with Crippen LogP contribution < -0.4 is 20.3 Å². The molecule has 0 bridgehead atoms. The number of anilines is 1. The minimum atomic E-state index is -0.444. The zero-order valence-corrected chi connectivity index (χ0v) is 18.2. The molecule has 1 aromatic heterocycles. The van der Waals surface area contributed by atoms with Crippen molar-refractivity contribution in [1.82, 2.24) is 9.55 Å². The number of carbonyl (C=O) groups is 1. The fourth-order valence-corrected chi connectivity index (χ4v) is 3.68. The number of fused-ring (bicyclic) bond motifs is 1. The molecular weight excluding hydrogens is 430 g/mol. The Bertz CT molecular complexity index is 1340. The molecule has 0 aliphatic carbocycles. The van der Waals surface area contributed by atoms with Crippen molar-refractivity contribution in [3.63, 3.8) is 0 Å². The van der Waals surface area contributed by atoms with Crippen LogP contribution in [0.25, 0.3) is 22.3 Å². The lowest BCUT2D eigenvalue weighted by molar-refractivity contribution is -0.116. The molecule has 0 unspecified atom stereocenters. The number of carbonyl (C=O) groups excluding carboxylic acids is 1. The average molecular weight is 450 g/mol. The first kappa shape index (κ1) is 21.4. The summed E-state index contributed by atoms with van der Waals surface area (Å²) in [6.07, 6.45) is 0. The number of para-hydroxylation sites is 2. The third-order valence-corrected chi connectivity index (χ3v) is 5.30. The molecule has 0 aliphatic rings. The molecule has 32 heavy (non-hydrogen) atoms.